The van der Waals surface area contributed by atoms with E-state index >= 15 is 0 Å². The van der Waals surface area contributed by atoms with Crippen molar-refractivity contribution in [3.63, 3.8) is 0 Å². The van der Waals surface area contributed by atoms with Gasteiger partial charge in [-0.2, -0.15) is 0 Å². The summed E-state index contributed by atoms with van der Waals surface area (Å²) in [5.41, 5.74) is 3.98. The van der Waals surface area contributed by atoms with Gasteiger partial charge in [-0.1, -0.05) is 35.3 Å². The maximum atomic E-state index is 13.6. The Hall–Kier alpha value is -2.20. The monoisotopic (exact) mass is 638 g/mol. The number of benzene rings is 3. The number of nitrogens with zero attached hydrogens (tertiary/aromatic N) is 2. The molecule has 9 heteroatoms. The number of halogens is 3. The van der Waals surface area contributed by atoms with Gasteiger partial charge in [0.1, 0.15) is 0 Å². The molecule has 0 unspecified atom stereocenters. The lowest BCUT2D eigenvalue weighted by Crippen LogP contribution is -2.28. The van der Waals surface area contributed by atoms with E-state index in [1.54, 1.807) is 31.3 Å². The third-order valence-corrected chi connectivity index (χ3v) is 7.94. The lowest BCUT2D eigenvalue weighted by atomic mass is 10.1. The molecule has 0 N–H and O–H groups in total. The van der Waals surface area contributed by atoms with E-state index in [0.29, 0.717) is 43.0 Å². The Bertz CT molecular complexity index is 1390. The van der Waals surface area contributed by atoms with Gasteiger partial charge in [-0.15, -0.1) is 0 Å². The van der Waals surface area contributed by atoms with Gasteiger partial charge in [-0.05, 0) is 107 Å². The number of hydrogen-bond donors (Lipinski definition) is 0. The fourth-order valence-corrected chi connectivity index (χ4v) is 5.63. The van der Waals surface area contributed by atoms with E-state index in [4.69, 9.17) is 37.7 Å². The van der Waals surface area contributed by atoms with Crippen molar-refractivity contribution in [3.8, 4) is 11.5 Å². The van der Waals surface area contributed by atoms with Crippen LogP contribution in [0.25, 0.3) is 6.08 Å². The van der Waals surface area contributed by atoms with Crippen LogP contribution in [0.1, 0.15) is 16.7 Å². The molecule has 0 saturated carbocycles. The average molecular weight is 639 g/mol. The third-order valence-electron chi connectivity index (χ3n) is 5.35. The number of ether oxygens (including phenoxy) is 2. The van der Waals surface area contributed by atoms with Gasteiger partial charge in [0.2, 0.25) is 0 Å². The summed E-state index contributed by atoms with van der Waals surface area (Å²) in [6, 6.07) is 14.8. The van der Waals surface area contributed by atoms with Crippen LogP contribution < -0.4 is 14.4 Å². The number of carbonyl (C=O) groups excluding carboxylic acids is 1. The highest BCUT2D eigenvalue weighted by atomic mass is 127. The fraction of sp³-hybridized carbons (Fsp3) is 0.154. The smallest absolute Gasteiger partial charge is 0.271 e. The van der Waals surface area contributed by atoms with E-state index < -0.39 is 0 Å². The molecule has 1 heterocycles. The number of thioether (sulfide) groups is 1. The molecule has 3 aromatic rings. The number of anilines is 1. The van der Waals surface area contributed by atoms with E-state index in [-0.39, 0.29) is 5.91 Å². The van der Waals surface area contributed by atoms with Gasteiger partial charge in [-0.3, -0.25) is 9.69 Å². The summed E-state index contributed by atoms with van der Waals surface area (Å²) in [5, 5.41) is 1.70. The lowest BCUT2D eigenvalue weighted by molar-refractivity contribution is -0.113. The summed E-state index contributed by atoms with van der Waals surface area (Å²) in [4.78, 5) is 20.5. The Labute approximate surface area is 232 Å². The predicted octanol–water partition coefficient (Wildman–Crippen LogP) is 8.04. The van der Waals surface area contributed by atoms with Crippen molar-refractivity contribution >= 4 is 86.1 Å². The Morgan fingerprint density at radius 2 is 1.66 bits per heavy atom. The number of methoxy groups -OCH3 is 2. The van der Waals surface area contributed by atoms with Gasteiger partial charge in [0.05, 0.1) is 34.1 Å². The van der Waals surface area contributed by atoms with Crippen LogP contribution >= 0.6 is 57.6 Å². The standard InChI is InChI=1S/C26H21Cl2IN2O3S/c1-14-5-7-17(12-19(14)27)30-26-31(18-8-6-15(2)20(28)13-18)25(32)23(35-26)11-16-9-21(29)24(34-4)22(10-16)33-3/h5-13H,1-4H3/b23-11+,30-26?. The maximum Gasteiger partial charge on any atom is 0.271 e. The van der Waals surface area contributed by atoms with Crippen LogP contribution in [0.4, 0.5) is 11.4 Å². The molecule has 1 aliphatic rings. The van der Waals surface area contributed by atoms with Crippen molar-refractivity contribution in [2.24, 2.45) is 4.99 Å². The van der Waals surface area contributed by atoms with E-state index in [9.17, 15) is 4.79 Å². The van der Waals surface area contributed by atoms with Gasteiger partial charge < -0.3 is 9.47 Å². The van der Waals surface area contributed by atoms with E-state index in [0.717, 1.165) is 20.3 Å². The summed E-state index contributed by atoms with van der Waals surface area (Å²) in [6.45, 7) is 3.85. The molecule has 3 aromatic carbocycles. The first-order chi connectivity index (χ1) is 16.7. The summed E-state index contributed by atoms with van der Waals surface area (Å²) >= 11 is 16.2. The van der Waals surface area contributed by atoms with Crippen LogP contribution in [0, 0.1) is 17.4 Å². The van der Waals surface area contributed by atoms with Crippen molar-refractivity contribution in [2.45, 2.75) is 13.8 Å². The molecule has 4 rings (SSSR count). The van der Waals surface area contributed by atoms with Gasteiger partial charge in [-0.25, -0.2) is 4.99 Å². The van der Waals surface area contributed by atoms with Crippen molar-refractivity contribution in [2.75, 3.05) is 19.1 Å². The molecular formula is C26H21Cl2IN2O3S. The Kier molecular flexibility index (Phi) is 8.00. The highest BCUT2D eigenvalue weighted by Gasteiger charge is 2.35. The van der Waals surface area contributed by atoms with Crippen LogP contribution in [0.2, 0.25) is 10.0 Å². The minimum atomic E-state index is -0.198. The minimum Gasteiger partial charge on any atom is -0.493 e. The summed E-state index contributed by atoms with van der Waals surface area (Å²) in [6.07, 6.45) is 1.82. The number of aliphatic imine (C=N–C) groups is 1. The van der Waals surface area contributed by atoms with Gasteiger partial charge in [0, 0.05) is 10.0 Å². The minimum absolute atomic E-state index is 0.198. The SMILES string of the molecule is COc1cc(/C=C2/SC(=Nc3ccc(C)c(Cl)c3)N(c3ccc(C)c(Cl)c3)C2=O)cc(I)c1OC. The fourth-order valence-electron chi connectivity index (χ4n) is 3.43. The van der Waals surface area contributed by atoms with E-state index in [1.165, 1.54) is 11.8 Å². The molecule has 0 atom stereocenters. The molecule has 1 fully saturated rings. The Balaban J connectivity index is 1.82. The zero-order valence-corrected chi connectivity index (χ0v) is 23.8. The lowest BCUT2D eigenvalue weighted by Gasteiger charge is -2.16. The molecule has 1 saturated heterocycles. The molecule has 0 aliphatic carbocycles. The molecule has 0 spiro atoms. The largest absolute Gasteiger partial charge is 0.493 e. The molecule has 180 valence electrons. The quantitative estimate of drug-likeness (QED) is 0.210. The molecule has 1 aliphatic heterocycles. The van der Waals surface area contributed by atoms with Crippen LogP contribution in [-0.2, 0) is 4.79 Å². The molecule has 0 bridgehead atoms. The number of hydrogen-bond acceptors (Lipinski definition) is 5. The number of aryl methyl sites for hydroxylation is 2. The number of rotatable bonds is 5. The van der Waals surface area contributed by atoms with Gasteiger partial charge in [0.15, 0.2) is 16.7 Å². The van der Waals surface area contributed by atoms with Crippen molar-refractivity contribution in [3.05, 3.63) is 83.7 Å². The van der Waals surface area contributed by atoms with Crippen LogP contribution in [0.3, 0.4) is 0 Å². The van der Waals surface area contributed by atoms with Crippen LogP contribution in [0.15, 0.2) is 58.4 Å². The normalized spacial score (nSPS) is 15.9. The van der Waals surface area contributed by atoms with Crippen molar-refractivity contribution in [1.82, 2.24) is 0 Å². The van der Waals surface area contributed by atoms with E-state index in [2.05, 4.69) is 22.6 Å². The zero-order valence-electron chi connectivity index (χ0n) is 19.4. The number of carbonyl (C=O) groups is 1. The van der Waals surface area contributed by atoms with Gasteiger partial charge >= 0.3 is 0 Å². The highest BCUT2D eigenvalue weighted by molar-refractivity contribution is 14.1. The highest BCUT2D eigenvalue weighted by Crippen LogP contribution is 2.40. The molecular weight excluding hydrogens is 618 g/mol. The second kappa shape index (κ2) is 10.8. The van der Waals surface area contributed by atoms with E-state index in [1.807, 2.05) is 56.3 Å². The topological polar surface area (TPSA) is 51.1 Å². The summed E-state index contributed by atoms with van der Waals surface area (Å²) in [7, 11) is 3.18. The number of amides is 1. The number of amidine groups is 1. The van der Waals surface area contributed by atoms with Crippen LogP contribution in [-0.4, -0.2) is 25.3 Å². The Morgan fingerprint density at radius 1 is 0.971 bits per heavy atom. The summed E-state index contributed by atoms with van der Waals surface area (Å²) in [5.74, 6) is 1.04. The van der Waals surface area contributed by atoms with Crippen LogP contribution in [0.5, 0.6) is 11.5 Å². The van der Waals surface area contributed by atoms with Gasteiger partial charge in [0.25, 0.3) is 5.91 Å². The molecule has 35 heavy (non-hydrogen) atoms. The first-order valence-corrected chi connectivity index (χ1v) is 13.1. The average Bonchev–Trinajstić information content (AvgIpc) is 3.12. The second-order valence-electron chi connectivity index (χ2n) is 7.75. The maximum absolute atomic E-state index is 13.6. The molecule has 1 amide bonds. The second-order valence-corrected chi connectivity index (χ2v) is 10.7. The van der Waals surface area contributed by atoms with Crippen molar-refractivity contribution in [1.29, 1.82) is 0 Å². The first kappa shape index (κ1) is 25.9. The zero-order chi connectivity index (χ0) is 25.3. The summed E-state index contributed by atoms with van der Waals surface area (Å²) < 4.78 is 11.8. The predicted molar refractivity (Wildman–Crippen MR) is 155 cm³/mol. The molecule has 5 nitrogen and oxygen atoms in total. The first-order valence-electron chi connectivity index (χ1n) is 10.5. The molecule has 0 aromatic heterocycles. The molecule has 0 radical (unpaired) electrons. The third kappa shape index (κ3) is 5.48. The van der Waals surface area contributed by atoms with Crippen molar-refractivity contribution < 1.29 is 14.3 Å². The Morgan fingerprint density at radius 3 is 2.29 bits per heavy atom.